The molecule has 0 bridgehead atoms. The Balaban J connectivity index is 1.55. The summed E-state index contributed by atoms with van der Waals surface area (Å²) in [5.41, 5.74) is 4.56. The van der Waals surface area contributed by atoms with E-state index >= 15 is 0 Å². The first-order valence-corrected chi connectivity index (χ1v) is 12.9. The Labute approximate surface area is 187 Å². The van der Waals surface area contributed by atoms with Crippen LogP contribution in [0.4, 0.5) is 5.69 Å². The molecule has 0 aliphatic carbocycles. The molecule has 0 spiro atoms. The molecule has 1 fully saturated rings. The van der Waals surface area contributed by atoms with Gasteiger partial charge in [0.2, 0.25) is 15.5 Å². The smallest absolute Gasteiger partial charge is 0.263 e. The van der Waals surface area contributed by atoms with Crippen molar-refractivity contribution in [2.24, 2.45) is 7.05 Å². The maximum absolute atomic E-state index is 13.1. The fourth-order valence-corrected chi connectivity index (χ4v) is 7.10. The van der Waals surface area contributed by atoms with E-state index in [0.29, 0.717) is 18.0 Å². The third kappa shape index (κ3) is 3.60. The van der Waals surface area contributed by atoms with Gasteiger partial charge in [0.15, 0.2) is 0 Å². The first kappa shape index (κ1) is 20.4. The molecule has 0 amide bonds. The minimum absolute atomic E-state index is 0.396. The highest BCUT2D eigenvalue weighted by molar-refractivity contribution is 7.89. The number of rotatable bonds is 3. The van der Waals surface area contributed by atoms with Crippen LogP contribution < -0.4 is 9.47 Å². The standard InChI is InChI=1S/C24H26N3O2S2/c1-25-15-12-18(20-8-4-5-9-21(20)25)16-24-26(2)22-11-10-19(17-23(22)30-24)31(28,29)27-13-6-3-7-14-27/h4-5,8-12,15-17H,3,6-7,13-14H2,1-2H3/q+1. The number of sulfonamides is 1. The number of fused-ring (bicyclic) bond motifs is 2. The van der Waals surface area contributed by atoms with Crippen LogP contribution >= 0.6 is 11.3 Å². The van der Waals surface area contributed by atoms with E-state index in [9.17, 15) is 8.42 Å². The maximum atomic E-state index is 13.1. The van der Waals surface area contributed by atoms with E-state index in [1.54, 1.807) is 21.7 Å². The van der Waals surface area contributed by atoms with E-state index in [0.717, 1.165) is 40.1 Å². The van der Waals surface area contributed by atoms with Gasteiger partial charge in [-0.1, -0.05) is 36.0 Å². The number of aromatic nitrogens is 1. The summed E-state index contributed by atoms with van der Waals surface area (Å²) in [6.45, 7) is 1.24. The average molecular weight is 453 g/mol. The molecule has 0 radical (unpaired) electrons. The Morgan fingerprint density at radius 3 is 2.65 bits per heavy atom. The van der Waals surface area contributed by atoms with Crippen molar-refractivity contribution in [3.05, 3.63) is 65.3 Å². The number of anilines is 1. The zero-order valence-electron chi connectivity index (χ0n) is 17.8. The molecule has 0 saturated carbocycles. The van der Waals surface area contributed by atoms with E-state index in [1.165, 1.54) is 11.3 Å². The average Bonchev–Trinajstić information content (AvgIpc) is 3.11. The van der Waals surface area contributed by atoms with Gasteiger partial charge in [0.05, 0.1) is 4.90 Å². The molecule has 2 aliphatic heterocycles. The van der Waals surface area contributed by atoms with Crippen molar-refractivity contribution in [2.75, 3.05) is 25.0 Å². The normalized spacial score (nSPS) is 18.6. The quantitative estimate of drug-likeness (QED) is 0.553. The van der Waals surface area contributed by atoms with Crippen LogP contribution in [0.15, 0.2) is 59.6 Å². The second kappa shape index (κ2) is 7.89. The zero-order valence-corrected chi connectivity index (χ0v) is 19.4. The van der Waals surface area contributed by atoms with E-state index in [2.05, 4.69) is 59.1 Å². The van der Waals surface area contributed by atoms with E-state index in [-0.39, 0.29) is 0 Å². The Bertz CT molecular complexity index is 1320. The first-order valence-electron chi connectivity index (χ1n) is 10.6. The number of para-hydroxylation sites is 1. The largest absolute Gasteiger partial charge is 0.351 e. The maximum Gasteiger partial charge on any atom is 0.263 e. The summed E-state index contributed by atoms with van der Waals surface area (Å²) in [5, 5.41) is 1.08. The van der Waals surface area contributed by atoms with Crippen LogP contribution in [0.25, 0.3) is 21.9 Å². The van der Waals surface area contributed by atoms with Crippen molar-refractivity contribution in [1.82, 2.24) is 4.31 Å². The number of hydrogen-bond acceptors (Lipinski definition) is 4. The van der Waals surface area contributed by atoms with Gasteiger partial charge < -0.3 is 4.90 Å². The molecule has 1 aromatic heterocycles. The number of thiazole rings is 1. The molecule has 1 saturated heterocycles. The molecule has 3 heterocycles. The van der Waals surface area contributed by atoms with Gasteiger partial charge >= 0.3 is 0 Å². The summed E-state index contributed by atoms with van der Waals surface area (Å²) >= 11 is 1.63. The molecule has 0 atom stereocenters. The topological polar surface area (TPSA) is 44.5 Å². The number of benzene rings is 2. The number of aryl methyl sites for hydroxylation is 1. The van der Waals surface area contributed by atoms with Gasteiger partial charge in [0, 0.05) is 49.7 Å². The highest BCUT2D eigenvalue weighted by Crippen LogP contribution is 2.34. The Hall–Kier alpha value is -2.48. The molecule has 2 aromatic carbocycles. The van der Waals surface area contributed by atoms with Gasteiger partial charge in [-0.2, -0.15) is 8.87 Å². The van der Waals surface area contributed by atoms with Crippen molar-refractivity contribution < 1.29 is 13.0 Å². The molecular formula is C24H26N3O2S2+. The zero-order chi connectivity index (χ0) is 21.6. The lowest BCUT2D eigenvalue weighted by Gasteiger charge is -2.25. The van der Waals surface area contributed by atoms with Gasteiger partial charge in [0.1, 0.15) is 11.7 Å². The van der Waals surface area contributed by atoms with Crippen molar-refractivity contribution in [2.45, 2.75) is 24.2 Å². The van der Waals surface area contributed by atoms with Crippen molar-refractivity contribution in [3.8, 4) is 0 Å². The predicted molar refractivity (Wildman–Crippen MR) is 127 cm³/mol. The van der Waals surface area contributed by atoms with Gasteiger partial charge in [-0.05, 0) is 42.7 Å². The number of nitrogens with zero attached hydrogens (tertiary/aromatic N) is 3. The first-order chi connectivity index (χ1) is 14.9. The lowest BCUT2D eigenvalue weighted by Crippen LogP contribution is -2.35. The third-order valence-corrected chi connectivity index (χ3v) is 9.18. The fraction of sp³-hybridized carbons (Fsp3) is 0.292. The monoisotopic (exact) mass is 452 g/mol. The van der Waals surface area contributed by atoms with Crippen LogP contribution in [0.5, 0.6) is 0 Å². The minimum atomic E-state index is -3.43. The third-order valence-electron chi connectivity index (χ3n) is 6.14. The minimum Gasteiger partial charge on any atom is -0.351 e. The lowest BCUT2D eigenvalue weighted by molar-refractivity contribution is -0.642. The number of piperidine rings is 1. The summed E-state index contributed by atoms with van der Waals surface area (Å²) < 4.78 is 31.0. The van der Waals surface area contributed by atoms with Crippen molar-refractivity contribution in [1.29, 1.82) is 0 Å². The van der Waals surface area contributed by atoms with Crippen LogP contribution in [-0.2, 0) is 17.1 Å². The van der Waals surface area contributed by atoms with Gasteiger partial charge in [0.25, 0.3) is 5.01 Å². The van der Waals surface area contributed by atoms with E-state index in [1.807, 2.05) is 19.2 Å². The highest BCUT2D eigenvalue weighted by Gasteiger charge is 2.27. The molecule has 0 N–H and O–H groups in total. The Morgan fingerprint density at radius 1 is 1.06 bits per heavy atom. The van der Waals surface area contributed by atoms with Crippen molar-refractivity contribution >= 4 is 48.9 Å². The second-order valence-electron chi connectivity index (χ2n) is 8.14. The van der Waals surface area contributed by atoms with E-state index in [4.69, 9.17) is 0 Å². The molecule has 5 rings (SSSR count). The molecule has 160 valence electrons. The van der Waals surface area contributed by atoms with Crippen LogP contribution in [-0.4, -0.2) is 32.9 Å². The molecule has 5 nitrogen and oxygen atoms in total. The summed E-state index contributed by atoms with van der Waals surface area (Å²) in [4.78, 5) is 2.52. The van der Waals surface area contributed by atoms with Gasteiger partial charge in [-0.25, -0.2) is 8.42 Å². The molecule has 2 aliphatic rings. The predicted octanol–water partition coefficient (Wildman–Crippen LogP) is 4.40. The molecular weight excluding hydrogens is 426 g/mol. The van der Waals surface area contributed by atoms with Crippen LogP contribution in [0.1, 0.15) is 29.8 Å². The van der Waals surface area contributed by atoms with Gasteiger partial charge in [-0.3, -0.25) is 0 Å². The lowest BCUT2D eigenvalue weighted by atomic mass is 10.00. The molecule has 7 heteroatoms. The molecule has 0 unspecified atom stereocenters. The highest BCUT2D eigenvalue weighted by atomic mass is 32.2. The summed E-state index contributed by atoms with van der Waals surface area (Å²) in [5.74, 6) is 0. The summed E-state index contributed by atoms with van der Waals surface area (Å²) in [7, 11) is 0.656. The Kier molecular flexibility index (Phi) is 5.20. The number of allylic oxidation sites excluding steroid dienone is 2. The summed E-state index contributed by atoms with van der Waals surface area (Å²) in [6.07, 6.45) is 9.38. The van der Waals surface area contributed by atoms with Crippen LogP contribution in [0.3, 0.4) is 0 Å². The van der Waals surface area contributed by atoms with Crippen molar-refractivity contribution in [3.63, 3.8) is 0 Å². The second-order valence-corrected chi connectivity index (χ2v) is 11.1. The molecule has 31 heavy (non-hydrogen) atoms. The number of hydrogen-bond donors (Lipinski definition) is 0. The van der Waals surface area contributed by atoms with E-state index < -0.39 is 10.0 Å². The SMILES string of the molecule is CN1C=C/C(=C\c2sc3cc(S(=O)(=O)N4CCCCC4)ccc3[n+]2C)c2ccccc21. The fourth-order valence-electron chi connectivity index (χ4n) is 4.34. The summed E-state index contributed by atoms with van der Waals surface area (Å²) in [6, 6.07) is 13.9. The van der Waals surface area contributed by atoms with Crippen LogP contribution in [0.2, 0.25) is 0 Å². The van der Waals surface area contributed by atoms with Gasteiger partial charge in [-0.15, -0.1) is 0 Å². The Morgan fingerprint density at radius 2 is 1.84 bits per heavy atom. The molecule has 3 aromatic rings. The van der Waals surface area contributed by atoms with Crippen LogP contribution in [0, 0.1) is 0 Å².